The maximum atomic E-state index is 11.1. The standard InChI is InChI=1S/C13H16N2O2/c1-11(2)13(16)17-9-8-14-10-15(14)12-6-4-3-5-7-12/h3-7H,1,8-10H2,2H3. The van der Waals surface area contributed by atoms with Crippen LogP contribution in [0.3, 0.4) is 0 Å². The van der Waals surface area contributed by atoms with E-state index in [0.29, 0.717) is 18.7 Å². The maximum Gasteiger partial charge on any atom is 0.333 e. The number of rotatable bonds is 5. The first-order chi connectivity index (χ1) is 8.18. The van der Waals surface area contributed by atoms with Crippen LogP contribution in [0.5, 0.6) is 0 Å². The van der Waals surface area contributed by atoms with E-state index in [2.05, 4.69) is 28.7 Å². The van der Waals surface area contributed by atoms with Gasteiger partial charge in [-0.3, -0.25) is 5.01 Å². The molecule has 2 rings (SSSR count). The van der Waals surface area contributed by atoms with Crippen molar-refractivity contribution in [2.24, 2.45) is 0 Å². The zero-order chi connectivity index (χ0) is 12.3. The number of esters is 1. The molecule has 1 aliphatic rings. The lowest BCUT2D eigenvalue weighted by molar-refractivity contribution is -0.139. The molecule has 0 radical (unpaired) electrons. The summed E-state index contributed by atoms with van der Waals surface area (Å²) in [6.45, 7) is 7.18. The number of nitrogens with zero attached hydrogens (tertiary/aromatic N) is 2. The molecule has 0 aromatic heterocycles. The Morgan fingerprint density at radius 1 is 1.41 bits per heavy atom. The summed E-state index contributed by atoms with van der Waals surface area (Å²) in [4.78, 5) is 11.1. The number of hydrogen-bond donors (Lipinski definition) is 0. The average molecular weight is 232 g/mol. The molecule has 1 unspecified atom stereocenters. The van der Waals surface area contributed by atoms with Crippen molar-refractivity contribution in [1.82, 2.24) is 5.01 Å². The molecular formula is C13H16N2O2. The molecule has 1 aromatic carbocycles. The predicted octanol–water partition coefficient (Wildman–Crippen LogP) is 1.80. The Morgan fingerprint density at radius 2 is 2.12 bits per heavy atom. The average Bonchev–Trinajstić information content (AvgIpc) is 3.09. The monoisotopic (exact) mass is 232 g/mol. The van der Waals surface area contributed by atoms with Crippen molar-refractivity contribution < 1.29 is 9.53 Å². The van der Waals surface area contributed by atoms with E-state index in [9.17, 15) is 4.79 Å². The first-order valence-corrected chi connectivity index (χ1v) is 5.58. The second-order valence-corrected chi connectivity index (χ2v) is 4.02. The molecule has 0 N–H and O–H groups in total. The summed E-state index contributed by atoms with van der Waals surface area (Å²) < 4.78 is 5.03. The van der Waals surface area contributed by atoms with Gasteiger partial charge in [0.2, 0.25) is 0 Å². The van der Waals surface area contributed by atoms with Crippen LogP contribution in [0.2, 0.25) is 0 Å². The highest BCUT2D eigenvalue weighted by molar-refractivity contribution is 5.86. The fourth-order valence-corrected chi connectivity index (χ4v) is 1.53. The summed E-state index contributed by atoms with van der Waals surface area (Å²) in [6, 6.07) is 10.1. The van der Waals surface area contributed by atoms with E-state index >= 15 is 0 Å². The smallest absolute Gasteiger partial charge is 0.333 e. The molecule has 0 spiro atoms. The van der Waals surface area contributed by atoms with Crippen molar-refractivity contribution in [1.29, 1.82) is 0 Å². The molecular weight excluding hydrogens is 216 g/mol. The molecule has 1 fully saturated rings. The quantitative estimate of drug-likeness (QED) is 0.440. The fourth-order valence-electron chi connectivity index (χ4n) is 1.53. The Kier molecular flexibility index (Phi) is 3.44. The summed E-state index contributed by atoms with van der Waals surface area (Å²) in [5, 5.41) is 4.25. The Hall–Kier alpha value is -1.81. The van der Waals surface area contributed by atoms with Crippen LogP contribution in [-0.4, -0.2) is 30.8 Å². The van der Waals surface area contributed by atoms with Gasteiger partial charge in [-0.2, -0.15) is 5.01 Å². The molecule has 4 heteroatoms. The number of hydrazine groups is 1. The van der Waals surface area contributed by atoms with Crippen LogP contribution in [0.1, 0.15) is 6.92 Å². The van der Waals surface area contributed by atoms with E-state index < -0.39 is 0 Å². The first kappa shape index (κ1) is 11.7. The van der Waals surface area contributed by atoms with Gasteiger partial charge in [0.25, 0.3) is 0 Å². The minimum absolute atomic E-state index is 0.321. The SMILES string of the molecule is C=C(C)C(=O)OCCN1CN1c1ccccc1. The van der Waals surface area contributed by atoms with Gasteiger partial charge in [-0.25, -0.2) is 4.79 Å². The lowest BCUT2D eigenvalue weighted by Crippen LogP contribution is -2.16. The molecule has 4 nitrogen and oxygen atoms in total. The molecule has 1 aromatic rings. The Labute approximate surface area is 101 Å². The summed E-state index contributed by atoms with van der Waals surface area (Å²) in [5.41, 5.74) is 1.61. The van der Waals surface area contributed by atoms with E-state index in [-0.39, 0.29) is 5.97 Å². The van der Waals surface area contributed by atoms with Crippen molar-refractivity contribution in [3.8, 4) is 0 Å². The van der Waals surface area contributed by atoms with E-state index in [4.69, 9.17) is 4.74 Å². The molecule has 0 aliphatic carbocycles. The van der Waals surface area contributed by atoms with Gasteiger partial charge >= 0.3 is 5.97 Å². The molecule has 1 heterocycles. The molecule has 1 saturated heterocycles. The van der Waals surface area contributed by atoms with Gasteiger partial charge < -0.3 is 4.74 Å². The number of anilines is 1. The number of carbonyl (C=O) groups excluding carboxylic acids is 1. The maximum absolute atomic E-state index is 11.1. The fraction of sp³-hybridized carbons (Fsp3) is 0.308. The number of benzene rings is 1. The molecule has 0 saturated carbocycles. The highest BCUT2D eigenvalue weighted by Gasteiger charge is 2.30. The lowest BCUT2D eigenvalue weighted by atomic mass is 10.3. The highest BCUT2D eigenvalue weighted by Crippen LogP contribution is 2.25. The van der Waals surface area contributed by atoms with Crippen LogP contribution in [-0.2, 0) is 9.53 Å². The third-order valence-electron chi connectivity index (χ3n) is 2.54. The van der Waals surface area contributed by atoms with Gasteiger partial charge in [0.1, 0.15) is 13.3 Å². The number of para-hydroxylation sites is 1. The summed E-state index contributed by atoms with van der Waals surface area (Å²) in [6.07, 6.45) is 0. The van der Waals surface area contributed by atoms with Crippen molar-refractivity contribution in [2.75, 3.05) is 24.8 Å². The second kappa shape index (κ2) is 5.01. The Balaban J connectivity index is 1.71. The van der Waals surface area contributed by atoms with E-state index in [1.165, 1.54) is 5.69 Å². The van der Waals surface area contributed by atoms with Crippen molar-refractivity contribution >= 4 is 11.7 Å². The van der Waals surface area contributed by atoms with Gasteiger partial charge in [0.05, 0.1) is 12.2 Å². The van der Waals surface area contributed by atoms with Crippen molar-refractivity contribution in [2.45, 2.75) is 6.92 Å². The van der Waals surface area contributed by atoms with Crippen molar-refractivity contribution in [3.63, 3.8) is 0 Å². The van der Waals surface area contributed by atoms with Gasteiger partial charge in [0, 0.05) is 5.57 Å². The largest absolute Gasteiger partial charge is 0.461 e. The van der Waals surface area contributed by atoms with Gasteiger partial charge in [0.15, 0.2) is 0 Å². The molecule has 17 heavy (non-hydrogen) atoms. The molecule has 90 valence electrons. The minimum Gasteiger partial charge on any atom is -0.461 e. The first-order valence-electron chi connectivity index (χ1n) is 5.58. The van der Waals surface area contributed by atoms with Crippen LogP contribution < -0.4 is 5.01 Å². The van der Waals surface area contributed by atoms with Gasteiger partial charge in [-0.15, -0.1) is 0 Å². The molecule has 1 aliphatic heterocycles. The van der Waals surface area contributed by atoms with Gasteiger partial charge in [-0.1, -0.05) is 24.8 Å². The summed E-state index contributed by atoms with van der Waals surface area (Å²) in [7, 11) is 0. The molecule has 0 amide bonds. The summed E-state index contributed by atoms with van der Waals surface area (Å²) in [5.74, 6) is -0.321. The van der Waals surface area contributed by atoms with E-state index in [1.807, 2.05) is 18.2 Å². The van der Waals surface area contributed by atoms with Crippen molar-refractivity contribution in [3.05, 3.63) is 42.5 Å². The zero-order valence-electron chi connectivity index (χ0n) is 9.93. The zero-order valence-corrected chi connectivity index (χ0v) is 9.93. The number of carbonyl (C=O) groups is 1. The normalized spacial score (nSPS) is 17.7. The second-order valence-electron chi connectivity index (χ2n) is 4.02. The van der Waals surface area contributed by atoms with Crippen LogP contribution in [0.25, 0.3) is 0 Å². The Morgan fingerprint density at radius 3 is 2.76 bits per heavy atom. The van der Waals surface area contributed by atoms with E-state index in [1.54, 1.807) is 6.92 Å². The third-order valence-corrected chi connectivity index (χ3v) is 2.54. The van der Waals surface area contributed by atoms with Crippen LogP contribution in [0, 0.1) is 0 Å². The summed E-state index contributed by atoms with van der Waals surface area (Å²) >= 11 is 0. The number of ether oxygens (including phenoxy) is 1. The molecule has 1 atom stereocenters. The van der Waals surface area contributed by atoms with E-state index in [0.717, 1.165) is 6.67 Å². The highest BCUT2D eigenvalue weighted by atomic mass is 16.5. The van der Waals surface area contributed by atoms with Crippen LogP contribution in [0.15, 0.2) is 42.5 Å². The molecule has 0 bridgehead atoms. The number of hydrogen-bond acceptors (Lipinski definition) is 4. The predicted molar refractivity (Wildman–Crippen MR) is 66.3 cm³/mol. The van der Waals surface area contributed by atoms with Gasteiger partial charge in [-0.05, 0) is 19.1 Å². The topological polar surface area (TPSA) is 32.3 Å². The third kappa shape index (κ3) is 3.07. The van der Waals surface area contributed by atoms with Crippen LogP contribution >= 0.6 is 0 Å². The van der Waals surface area contributed by atoms with Crippen LogP contribution in [0.4, 0.5) is 5.69 Å². The lowest BCUT2D eigenvalue weighted by Gasteiger charge is -2.07. The Bertz CT molecular complexity index is 417. The minimum atomic E-state index is -0.321.